The Balaban J connectivity index is -0.000000156. The van der Waals surface area contributed by atoms with E-state index in [2.05, 4.69) is 57.5 Å². The summed E-state index contributed by atoms with van der Waals surface area (Å²) in [7, 11) is 0. The SMILES string of the molecule is CCC[N-]CCC.CCC[N-]CCC.CCC[N-]CCC.[CH3][Ge]([CH3])([F])[c-]1cccc1.[Hf+4]. The van der Waals surface area contributed by atoms with Crippen LogP contribution in [0.15, 0.2) is 24.3 Å². The van der Waals surface area contributed by atoms with E-state index in [0.717, 1.165) is 43.7 Å². The number of halogens is 1. The summed E-state index contributed by atoms with van der Waals surface area (Å²) in [5.41, 5.74) is 0. The molecule has 1 aromatic carbocycles. The molecule has 0 N–H and O–H groups in total. The first-order valence-corrected chi connectivity index (χ1v) is 18.2. The molecule has 0 amide bonds. The van der Waals surface area contributed by atoms with Gasteiger partial charge in [-0.25, -0.2) is 0 Å². The Morgan fingerprint density at radius 3 is 0.935 bits per heavy atom. The Bertz CT molecular complexity index is 349. The van der Waals surface area contributed by atoms with Gasteiger partial charge >= 0.3 is 83.2 Å². The minimum Gasteiger partial charge on any atom is 4.00 e. The molecule has 0 atom stereocenters. The van der Waals surface area contributed by atoms with Crippen LogP contribution in [0.4, 0.5) is 3.50 Å². The quantitative estimate of drug-likeness (QED) is 0.116. The van der Waals surface area contributed by atoms with Crippen molar-refractivity contribution in [2.45, 2.75) is 91.6 Å². The predicted octanol–water partition coefficient (Wildman–Crippen LogP) is 8.32. The van der Waals surface area contributed by atoms with E-state index < -0.39 is 13.7 Å². The van der Waals surface area contributed by atoms with Gasteiger partial charge in [-0.2, -0.15) is 0 Å². The van der Waals surface area contributed by atoms with Gasteiger partial charge in [-0.05, 0) is 0 Å². The molecular formula is C25H52FGeHfN3. The normalized spacial score (nSPS) is 9.84. The van der Waals surface area contributed by atoms with E-state index in [1.807, 2.05) is 24.3 Å². The molecule has 0 radical (unpaired) electrons. The van der Waals surface area contributed by atoms with Crippen LogP contribution in [0.1, 0.15) is 80.1 Å². The van der Waals surface area contributed by atoms with Crippen molar-refractivity contribution in [1.29, 1.82) is 0 Å². The second-order valence-electron chi connectivity index (χ2n) is 7.66. The molecule has 0 aliphatic rings. The topological polar surface area (TPSA) is 42.3 Å². The van der Waals surface area contributed by atoms with E-state index in [1.165, 1.54) is 38.5 Å². The van der Waals surface area contributed by atoms with E-state index >= 15 is 0 Å². The van der Waals surface area contributed by atoms with Gasteiger partial charge in [0.05, 0.1) is 0 Å². The molecule has 1 rings (SSSR count). The fourth-order valence-corrected chi connectivity index (χ4v) is 4.12. The van der Waals surface area contributed by atoms with E-state index in [-0.39, 0.29) is 25.8 Å². The molecule has 1 aromatic rings. The van der Waals surface area contributed by atoms with Gasteiger partial charge in [0.2, 0.25) is 0 Å². The van der Waals surface area contributed by atoms with Gasteiger partial charge in [-0.1, -0.05) is 80.1 Å². The second kappa shape index (κ2) is 32.8. The van der Waals surface area contributed by atoms with Crippen LogP contribution in [0.3, 0.4) is 0 Å². The fraction of sp³-hybridized carbons (Fsp3) is 0.800. The van der Waals surface area contributed by atoms with Crippen LogP contribution >= 0.6 is 0 Å². The zero-order valence-electron chi connectivity index (χ0n) is 22.0. The monoisotopic (exact) mass is 667 g/mol. The third-order valence-corrected chi connectivity index (χ3v) is 7.22. The molecule has 182 valence electrons. The summed E-state index contributed by atoms with van der Waals surface area (Å²) in [6.45, 7) is 19.2. The first-order chi connectivity index (χ1) is 14.3. The fourth-order valence-electron chi connectivity index (χ4n) is 2.05. The third-order valence-electron chi connectivity index (χ3n) is 3.64. The minimum atomic E-state index is -2.94. The zero-order valence-corrected chi connectivity index (χ0v) is 27.7. The van der Waals surface area contributed by atoms with E-state index in [9.17, 15) is 3.50 Å². The van der Waals surface area contributed by atoms with Crippen LogP contribution in [0.5, 0.6) is 0 Å². The maximum atomic E-state index is 13.1. The van der Waals surface area contributed by atoms with Gasteiger partial charge in [0.15, 0.2) is 0 Å². The number of nitrogens with zero attached hydrogens (tertiary/aromatic N) is 3. The van der Waals surface area contributed by atoms with Crippen molar-refractivity contribution in [2.24, 2.45) is 0 Å². The van der Waals surface area contributed by atoms with Crippen LogP contribution in [-0.2, 0) is 25.8 Å². The average Bonchev–Trinajstić information content (AvgIpc) is 3.26. The van der Waals surface area contributed by atoms with Gasteiger partial charge in [-0.15, -0.1) is 39.3 Å². The Kier molecular flexibility index (Phi) is 41.0. The van der Waals surface area contributed by atoms with Crippen molar-refractivity contribution in [2.75, 3.05) is 39.3 Å². The van der Waals surface area contributed by atoms with E-state index in [1.54, 1.807) is 11.5 Å². The Morgan fingerprint density at radius 2 is 0.806 bits per heavy atom. The van der Waals surface area contributed by atoms with Crippen LogP contribution in [0, 0.1) is 0 Å². The zero-order chi connectivity index (χ0) is 23.5. The second-order valence-corrected chi connectivity index (χ2v) is 15.0. The van der Waals surface area contributed by atoms with Crippen LogP contribution in [0.25, 0.3) is 16.0 Å². The smallest absolute Gasteiger partial charge is 4.00 e. The van der Waals surface area contributed by atoms with Crippen molar-refractivity contribution < 1.29 is 29.3 Å². The van der Waals surface area contributed by atoms with Crippen molar-refractivity contribution in [3.05, 3.63) is 40.2 Å². The molecule has 31 heavy (non-hydrogen) atoms. The van der Waals surface area contributed by atoms with Crippen molar-refractivity contribution in [1.82, 2.24) is 0 Å². The average molecular weight is 665 g/mol. The third kappa shape index (κ3) is 38.2. The summed E-state index contributed by atoms with van der Waals surface area (Å²) in [5.74, 6) is 3.49. The molecule has 3 nitrogen and oxygen atoms in total. The summed E-state index contributed by atoms with van der Waals surface area (Å²) < 4.78 is 14.1. The number of hydrogen-bond acceptors (Lipinski definition) is 0. The van der Waals surface area contributed by atoms with E-state index in [0.29, 0.717) is 0 Å². The molecule has 0 saturated heterocycles. The molecule has 0 fully saturated rings. The van der Waals surface area contributed by atoms with Gasteiger partial charge in [0, 0.05) is 0 Å². The summed E-state index contributed by atoms with van der Waals surface area (Å²) in [6.07, 6.45) is 7.17. The molecule has 0 aromatic heterocycles. The van der Waals surface area contributed by atoms with Crippen LogP contribution in [0.2, 0.25) is 11.5 Å². The van der Waals surface area contributed by atoms with Crippen LogP contribution < -0.4 is 4.40 Å². The van der Waals surface area contributed by atoms with Gasteiger partial charge < -0.3 is 16.0 Å². The minimum absolute atomic E-state index is 0. The summed E-state index contributed by atoms with van der Waals surface area (Å²) in [5, 5.41) is 12.6. The summed E-state index contributed by atoms with van der Waals surface area (Å²) >= 11 is -2.94. The van der Waals surface area contributed by atoms with E-state index in [4.69, 9.17) is 0 Å². The molecule has 0 heterocycles. The first kappa shape index (κ1) is 38.8. The van der Waals surface area contributed by atoms with Gasteiger partial charge in [0.25, 0.3) is 0 Å². The standard InChI is InChI=1S/C7H10FGe.3C6H14N.Hf/c1-9(2,8)7-5-3-4-6-7;3*1-3-5-7-6-4-2;/h3-6H,1-2H3;3*3-6H2,1-2H3;/q4*-1;+4. The molecule has 0 spiro atoms. The summed E-state index contributed by atoms with van der Waals surface area (Å²) in [6, 6.07) is 7.53. The number of hydrogen-bond donors (Lipinski definition) is 0. The van der Waals surface area contributed by atoms with Crippen molar-refractivity contribution >= 4 is 18.1 Å². The maximum absolute atomic E-state index is 13.1. The Hall–Kier alpha value is 0.573. The Morgan fingerprint density at radius 1 is 0.581 bits per heavy atom. The molecule has 0 bridgehead atoms. The molecular weight excluding hydrogens is 612 g/mol. The largest absolute Gasteiger partial charge is 4.00 e. The first-order valence-electron chi connectivity index (χ1n) is 12.2. The maximum Gasteiger partial charge on any atom is 4.00 e. The molecule has 6 heteroatoms. The Labute approximate surface area is 217 Å². The molecule has 0 aliphatic carbocycles. The van der Waals surface area contributed by atoms with Gasteiger partial charge in [0.1, 0.15) is 0 Å². The molecule has 0 saturated carbocycles. The van der Waals surface area contributed by atoms with Crippen LogP contribution in [-0.4, -0.2) is 53.0 Å². The van der Waals surface area contributed by atoms with Crippen molar-refractivity contribution in [3.8, 4) is 0 Å². The predicted molar refractivity (Wildman–Crippen MR) is 141 cm³/mol. The van der Waals surface area contributed by atoms with Gasteiger partial charge in [-0.3, -0.25) is 0 Å². The number of rotatable bonds is 13. The summed E-state index contributed by atoms with van der Waals surface area (Å²) in [4.78, 5) is 0. The molecule has 0 unspecified atom stereocenters. The van der Waals surface area contributed by atoms with Crippen molar-refractivity contribution in [3.63, 3.8) is 0 Å². The molecule has 0 aliphatic heterocycles.